The molecule has 0 saturated carbocycles. The minimum atomic E-state index is 0.332. The van der Waals surface area contributed by atoms with Crippen LogP contribution in [0.1, 0.15) is 78.0 Å². The van der Waals surface area contributed by atoms with Crippen LogP contribution in [-0.2, 0) is 6.42 Å². The van der Waals surface area contributed by atoms with E-state index in [-0.39, 0.29) is 0 Å². The van der Waals surface area contributed by atoms with Crippen LogP contribution in [0.4, 0.5) is 0 Å². The maximum absolute atomic E-state index is 9.94. The number of fused-ring (bicyclic) bond motifs is 6. The van der Waals surface area contributed by atoms with Crippen molar-refractivity contribution in [3.63, 3.8) is 0 Å². The molecule has 0 radical (unpaired) electrons. The van der Waals surface area contributed by atoms with E-state index in [0.717, 1.165) is 29.2 Å². The minimum Gasteiger partial charge on any atom is -0.508 e. The number of aromatic hydroxyl groups is 1. The summed E-state index contributed by atoms with van der Waals surface area (Å²) >= 11 is 0. The van der Waals surface area contributed by atoms with E-state index in [1.165, 1.54) is 37.1 Å². The predicted molar refractivity (Wildman–Crippen MR) is 113 cm³/mol. The standard InChI is InChI=1S/C22H31NO2.C2H6/c1-5-13(2)8-16-10-18-15(4)23(12-16)14(3)9-20-19-11-17(24)6-7-21(19)25-22(18)20;1-2/h6-7,11,13-16,18,24H,5,8-10,12H2,1-4H3;1-2H3. The summed E-state index contributed by atoms with van der Waals surface area (Å²) in [5.41, 5.74) is 2.27. The van der Waals surface area contributed by atoms with Gasteiger partial charge in [0, 0.05) is 35.5 Å². The number of phenolic OH excluding ortho intramolecular Hbond substituents is 1. The first-order chi connectivity index (χ1) is 13.0. The van der Waals surface area contributed by atoms with Crippen LogP contribution in [0.5, 0.6) is 5.75 Å². The van der Waals surface area contributed by atoms with E-state index in [1.54, 1.807) is 6.07 Å². The topological polar surface area (TPSA) is 36.6 Å². The van der Waals surface area contributed by atoms with E-state index < -0.39 is 0 Å². The van der Waals surface area contributed by atoms with Crippen LogP contribution in [0.25, 0.3) is 11.0 Å². The first kappa shape index (κ1) is 20.3. The quantitative estimate of drug-likeness (QED) is 0.684. The van der Waals surface area contributed by atoms with Crippen LogP contribution < -0.4 is 0 Å². The van der Waals surface area contributed by atoms with Crippen molar-refractivity contribution in [1.29, 1.82) is 0 Å². The molecule has 3 heterocycles. The average Bonchev–Trinajstić information content (AvgIpc) is 2.99. The van der Waals surface area contributed by atoms with Gasteiger partial charge in [0.05, 0.1) is 0 Å². The van der Waals surface area contributed by atoms with E-state index >= 15 is 0 Å². The zero-order chi connectivity index (χ0) is 19.7. The van der Waals surface area contributed by atoms with Crippen molar-refractivity contribution in [3.8, 4) is 5.75 Å². The van der Waals surface area contributed by atoms with Crippen LogP contribution in [0.2, 0.25) is 0 Å². The Labute approximate surface area is 164 Å². The van der Waals surface area contributed by atoms with Gasteiger partial charge in [0.1, 0.15) is 17.1 Å². The summed E-state index contributed by atoms with van der Waals surface area (Å²) in [6, 6.07) is 6.58. The summed E-state index contributed by atoms with van der Waals surface area (Å²) < 4.78 is 6.37. The third-order valence-electron chi connectivity index (χ3n) is 6.80. The second-order valence-electron chi connectivity index (χ2n) is 8.57. The van der Waals surface area contributed by atoms with Gasteiger partial charge in [-0.15, -0.1) is 0 Å². The molecule has 0 aliphatic carbocycles. The van der Waals surface area contributed by atoms with Crippen LogP contribution in [0.3, 0.4) is 0 Å². The number of phenols is 1. The van der Waals surface area contributed by atoms with E-state index in [1.807, 2.05) is 26.0 Å². The number of hydrogen-bond donors (Lipinski definition) is 1. The Morgan fingerprint density at radius 1 is 1.26 bits per heavy atom. The highest BCUT2D eigenvalue weighted by Crippen LogP contribution is 2.46. The molecule has 0 amide bonds. The molecule has 27 heavy (non-hydrogen) atoms. The highest BCUT2D eigenvalue weighted by Gasteiger charge is 2.42. The van der Waals surface area contributed by atoms with Crippen molar-refractivity contribution >= 4 is 11.0 Å². The van der Waals surface area contributed by atoms with Crippen molar-refractivity contribution in [1.82, 2.24) is 4.90 Å². The first-order valence-electron chi connectivity index (χ1n) is 11.0. The molecule has 1 N–H and O–H groups in total. The maximum Gasteiger partial charge on any atom is 0.134 e. The molecule has 4 rings (SSSR count). The van der Waals surface area contributed by atoms with Crippen molar-refractivity contribution in [2.75, 3.05) is 6.54 Å². The zero-order valence-electron chi connectivity index (χ0n) is 18.0. The molecule has 1 fully saturated rings. The van der Waals surface area contributed by atoms with Gasteiger partial charge in [0.15, 0.2) is 0 Å². The Hall–Kier alpha value is -1.48. The lowest BCUT2D eigenvalue weighted by Gasteiger charge is -2.44. The monoisotopic (exact) mass is 371 g/mol. The molecule has 2 aromatic rings. The van der Waals surface area contributed by atoms with Gasteiger partial charge in [-0.3, -0.25) is 4.90 Å². The third-order valence-corrected chi connectivity index (χ3v) is 6.80. The Morgan fingerprint density at radius 3 is 2.70 bits per heavy atom. The molecular weight excluding hydrogens is 334 g/mol. The molecule has 2 bridgehead atoms. The van der Waals surface area contributed by atoms with Gasteiger partial charge < -0.3 is 9.52 Å². The van der Waals surface area contributed by atoms with Gasteiger partial charge in [0.25, 0.3) is 0 Å². The second-order valence-corrected chi connectivity index (χ2v) is 8.57. The SMILES string of the molecule is CC.CCC(C)CC1CC2c3oc4ccc(O)cc4c3CC(C)N(C1)C2C. The Bertz CT molecular complexity index is 765. The van der Waals surface area contributed by atoms with Gasteiger partial charge in [0.2, 0.25) is 0 Å². The predicted octanol–water partition coefficient (Wildman–Crippen LogP) is 6.34. The fourth-order valence-electron chi connectivity index (χ4n) is 5.22. The summed E-state index contributed by atoms with van der Waals surface area (Å²) in [6.07, 6.45) is 4.83. The Balaban J connectivity index is 0.00000102. The van der Waals surface area contributed by atoms with Crippen LogP contribution in [-0.4, -0.2) is 28.6 Å². The molecule has 150 valence electrons. The highest BCUT2D eigenvalue weighted by molar-refractivity contribution is 5.84. The largest absolute Gasteiger partial charge is 0.508 e. The first-order valence-corrected chi connectivity index (χ1v) is 11.0. The van der Waals surface area contributed by atoms with E-state index in [4.69, 9.17) is 4.42 Å². The lowest BCUT2D eigenvalue weighted by atomic mass is 9.78. The van der Waals surface area contributed by atoms with Crippen molar-refractivity contribution in [3.05, 3.63) is 29.5 Å². The summed E-state index contributed by atoms with van der Waals surface area (Å²) in [6.45, 7) is 14.6. The van der Waals surface area contributed by atoms with E-state index in [0.29, 0.717) is 23.8 Å². The Kier molecular flexibility index (Phi) is 6.20. The van der Waals surface area contributed by atoms with Crippen molar-refractivity contribution in [2.45, 2.75) is 85.2 Å². The molecule has 2 aliphatic heterocycles. The second kappa shape index (κ2) is 8.26. The van der Waals surface area contributed by atoms with Gasteiger partial charge in [-0.25, -0.2) is 0 Å². The lowest BCUT2D eigenvalue weighted by Crippen LogP contribution is -2.49. The molecule has 1 aromatic carbocycles. The van der Waals surface area contributed by atoms with Crippen LogP contribution in [0.15, 0.2) is 22.6 Å². The number of piperidine rings is 1. The van der Waals surface area contributed by atoms with Crippen LogP contribution in [0, 0.1) is 11.8 Å². The number of hydrogen-bond acceptors (Lipinski definition) is 3. The van der Waals surface area contributed by atoms with Crippen LogP contribution >= 0.6 is 0 Å². The van der Waals surface area contributed by atoms with Gasteiger partial charge in [-0.2, -0.15) is 0 Å². The van der Waals surface area contributed by atoms with E-state index in [9.17, 15) is 5.11 Å². The molecule has 1 saturated heterocycles. The average molecular weight is 372 g/mol. The highest BCUT2D eigenvalue weighted by atomic mass is 16.3. The third kappa shape index (κ3) is 3.76. The minimum absolute atomic E-state index is 0.332. The molecular formula is C24H37NO2. The van der Waals surface area contributed by atoms with Crippen molar-refractivity contribution in [2.24, 2.45) is 11.8 Å². The summed E-state index contributed by atoms with van der Waals surface area (Å²) in [4.78, 5) is 2.71. The molecule has 0 spiro atoms. The summed E-state index contributed by atoms with van der Waals surface area (Å²) in [7, 11) is 0. The molecule has 6 atom stereocenters. The number of rotatable bonds is 3. The molecule has 3 heteroatoms. The molecule has 1 aromatic heterocycles. The maximum atomic E-state index is 9.94. The summed E-state index contributed by atoms with van der Waals surface area (Å²) in [5, 5.41) is 11.1. The van der Waals surface area contributed by atoms with Gasteiger partial charge in [-0.1, -0.05) is 34.1 Å². The molecule has 6 unspecified atom stereocenters. The zero-order valence-corrected chi connectivity index (χ0v) is 18.0. The summed E-state index contributed by atoms with van der Waals surface area (Å²) in [5.74, 6) is 3.54. The smallest absolute Gasteiger partial charge is 0.134 e. The number of nitrogens with zero attached hydrogens (tertiary/aromatic N) is 1. The fraction of sp³-hybridized carbons (Fsp3) is 0.667. The Morgan fingerprint density at radius 2 is 2.00 bits per heavy atom. The van der Waals surface area contributed by atoms with Gasteiger partial charge >= 0.3 is 0 Å². The molecule has 3 nitrogen and oxygen atoms in total. The fourth-order valence-corrected chi connectivity index (χ4v) is 5.22. The normalized spacial score (nSPS) is 30.8. The number of benzene rings is 1. The molecule has 2 aliphatic rings. The van der Waals surface area contributed by atoms with Gasteiger partial charge in [-0.05, 0) is 63.1 Å². The van der Waals surface area contributed by atoms with E-state index in [2.05, 4.69) is 32.6 Å². The lowest BCUT2D eigenvalue weighted by molar-refractivity contribution is 0.0554. The van der Waals surface area contributed by atoms with Crippen molar-refractivity contribution < 1.29 is 9.52 Å². The number of furan rings is 1.